The zero-order valence-corrected chi connectivity index (χ0v) is 18.8. The summed E-state index contributed by atoms with van der Waals surface area (Å²) in [7, 11) is -0.671. The summed E-state index contributed by atoms with van der Waals surface area (Å²) in [4.78, 5) is 16.9. The molecule has 0 bridgehead atoms. The van der Waals surface area contributed by atoms with Crippen LogP contribution in [0.4, 0.5) is 5.69 Å². The number of halogens is 2. The number of benzene rings is 2. The number of aromatic nitrogens is 1. The molecule has 0 aliphatic carbocycles. The van der Waals surface area contributed by atoms with Crippen molar-refractivity contribution < 1.29 is 17.6 Å². The van der Waals surface area contributed by atoms with Crippen molar-refractivity contribution in [2.75, 3.05) is 19.4 Å². The van der Waals surface area contributed by atoms with E-state index < -0.39 is 15.3 Å². The zero-order valence-electron chi connectivity index (χ0n) is 15.6. The highest BCUT2D eigenvalue weighted by atomic mass is 35.5. The average Bonchev–Trinajstić information content (AvgIpc) is 3.06. The topological polar surface area (TPSA) is 92.5 Å². The molecule has 0 spiro atoms. The van der Waals surface area contributed by atoms with E-state index in [0.717, 1.165) is 16.1 Å². The number of fused-ring (bicyclic) bond motifs is 1. The number of amides is 1. The number of carbonyl (C=O) groups is 1. The Kier molecular flexibility index (Phi) is 6.45. The van der Waals surface area contributed by atoms with Gasteiger partial charge in [0.1, 0.15) is 5.52 Å². The summed E-state index contributed by atoms with van der Waals surface area (Å²) in [6.07, 6.45) is 0. The number of anilines is 1. The molecule has 7 nitrogen and oxygen atoms in total. The molecule has 3 aromatic rings. The van der Waals surface area contributed by atoms with E-state index in [1.165, 1.54) is 26.2 Å². The lowest BCUT2D eigenvalue weighted by Crippen LogP contribution is -2.22. The minimum Gasteiger partial charge on any atom is -0.431 e. The maximum atomic E-state index is 12.5. The van der Waals surface area contributed by atoms with E-state index in [0.29, 0.717) is 21.8 Å². The smallest absolute Gasteiger partial charge is 0.257 e. The Morgan fingerprint density at radius 2 is 1.97 bits per heavy atom. The van der Waals surface area contributed by atoms with Crippen molar-refractivity contribution in [3.05, 3.63) is 46.4 Å². The third-order valence-corrected chi connectivity index (χ3v) is 7.55. The van der Waals surface area contributed by atoms with Gasteiger partial charge in [0, 0.05) is 14.1 Å². The number of nitrogens with one attached hydrogen (secondary N) is 1. The van der Waals surface area contributed by atoms with Gasteiger partial charge in [0.25, 0.3) is 5.22 Å². The van der Waals surface area contributed by atoms with Crippen LogP contribution >= 0.6 is 35.0 Å². The van der Waals surface area contributed by atoms with Crippen LogP contribution in [0.2, 0.25) is 10.0 Å². The molecule has 0 radical (unpaired) electrons. The van der Waals surface area contributed by atoms with Crippen LogP contribution in [-0.2, 0) is 14.8 Å². The first-order valence-corrected chi connectivity index (χ1v) is 11.4. The molecular weight excluding hydrogens is 457 g/mol. The number of hydrogen-bond donors (Lipinski definition) is 1. The Morgan fingerprint density at radius 1 is 1.24 bits per heavy atom. The predicted octanol–water partition coefficient (Wildman–Crippen LogP) is 4.50. The van der Waals surface area contributed by atoms with Crippen LogP contribution in [0.1, 0.15) is 6.92 Å². The molecule has 2 aromatic carbocycles. The van der Waals surface area contributed by atoms with Gasteiger partial charge in [0.05, 0.1) is 25.9 Å². The molecule has 1 aromatic heterocycles. The molecule has 1 heterocycles. The fraction of sp³-hybridized carbons (Fsp3) is 0.222. The molecule has 0 fully saturated rings. The van der Waals surface area contributed by atoms with Gasteiger partial charge in [0.2, 0.25) is 15.9 Å². The molecule has 29 heavy (non-hydrogen) atoms. The van der Waals surface area contributed by atoms with Gasteiger partial charge in [-0.2, -0.15) is 0 Å². The van der Waals surface area contributed by atoms with E-state index in [9.17, 15) is 13.2 Å². The first-order valence-electron chi connectivity index (χ1n) is 8.34. The van der Waals surface area contributed by atoms with Crippen molar-refractivity contribution in [1.82, 2.24) is 9.29 Å². The third kappa shape index (κ3) is 4.70. The summed E-state index contributed by atoms with van der Waals surface area (Å²) in [5.74, 6) is -0.308. The van der Waals surface area contributed by atoms with Crippen molar-refractivity contribution in [1.29, 1.82) is 0 Å². The fourth-order valence-corrected chi connectivity index (χ4v) is 4.37. The van der Waals surface area contributed by atoms with Crippen LogP contribution in [-0.4, -0.2) is 43.0 Å². The van der Waals surface area contributed by atoms with Crippen LogP contribution in [0.5, 0.6) is 0 Å². The second kappa shape index (κ2) is 8.53. The number of hydrogen-bond acceptors (Lipinski definition) is 6. The molecule has 3 rings (SSSR count). The lowest BCUT2D eigenvalue weighted by molar-refractivity contribution is -0.115. The summed E-state index contributed by atoms with van der Waals surface area (Å²) in [5.41, 5.74) is 1.23. The molecule has 1 amide bonds. The van der Waals surface area contributed by atoms with Gasteiger partial charge in [-0.05, 0) is 37.3 Å². The summed E-state index contributed by atoms with van der Waals surface area (Å²) in [6.45, 7) is 1.69. The summed E-state index contributed by atoms with van der Waals surface area (Å²) in [6, 6.07) is 9.39. The Balaban J connectivity index is 1.77. The quantitative estimate of drug-likeness (QED) is 0.529. The Hall–Kier alpha value is -1.78. The Bertz CT molecular complexity index is 1180. The van der Waals surface area contributed by atoms with E-state index >= 15 is 0 Å². The van der Waals surface area contributed by atoms with E-state index in [-0.39, 0.29) is 21.0 Å². The number of thioether (sulfide) groups is 1. The first-order chi connectivity index (χ1) is 13.6. The monoisotopic (exact) mass is 473 g/mol. The highest BCUT2D eigenvalue weighted by molar-refractivity contribution is 8.00. The SMILES string of the molecule is CC(Sc1nc2cc(S(=O)(=O)N(C)C)ccc2o1)C(=O)Nc1cccc(Cl)c1Cl. The van der Waals surface area contributed by atoms with Crippen molar-refractivity contribution in [2.45, 2.75) is 22.3 Å². The molecule has 154 valence electrons. The van der Waals surface area contributed by atoms with Crippen molar-refractivity contribution in [3.63, 3.8) is 0 Å². The predicted molar refractivity (Wildman–Crippen MR) is 115 cm³/mol. The Morgan fingerprint density at radius 3 is 2.66 bits per heavy atom. The highest BCUT2D eigenvalue weighted by Gasteiger charge is 2.22. The lowest BCUT2D eigenvalue weighted by atomic mass is 10.3. The molecule has 1 N–H and O–H groups in total. The summed E-state index contributed by atoms with van der Waals surface area (Å²) < 4.78 is 31.3. The Labute approximate surface area is 182 Å². The first kappa shape index (κ1) is 21.9. The standard InChI is InChI=1S/C18H17Cl2N3O4S2/c1-10(17(24)21-13-6-4-5-12(19)16(13)20)28-18-22-14-9-11(7-8-15(14)27-18)29(25,26)23(2)3/h4-10H,1-3H3,(H,21,24). The minimum absolute atomic E-state index is 0.112. The number of rotatable bonds is 6. The van der Waals surface area contributed by atoms with Crippen molar-refractivity contribution in [2.24, 2.45) is 0 Å². The molecule has 0 saturated heterocycles. The van der Waals surface area contributed by atoms with Gasteiger partial charge in [-0.15, -0.1) is 0 Å². The van der Waals surface area contributed by atoms with Crippen LogP contribution in [0, 0.1) is 0 Å². The number of oxazole rings is 1. The lowest BCUT2D eigenvalue weighted by Gasteiger charge is -2.11. The van der Waals surface area contributed by atoms with Crippen LogP contribution < -0.4 is 5.32 Å². The zero-order chi connectivity index (χ0) is 21.3. The normalized spacial score (nSPS) is 13.0. The van der Waals surface area contributed by atoms with Gasteiger partial charge in [-0.1, -0.05) is 41.0 Å². The number of carbonyl (C=O) groups excluding carboxylic acids is 1. The summed E-state index contributed by atoms with van der Waals surface area (Å²) >= 11 is 13.1. The molecule has 0 aliphatic rings. The van der Waals surface area contributed by atoms with E-state index in [1.54, 1.807) is 31.2 Å². The number of sulfonamides is 1. The molecule has 0 aliphatic heterocycles. The third-order valence-electron chi connectivity index (χ3n) is 3.97. The highest BCUT2D eigenvalue weighted by Crippen LogP contribution is 2.32. The minimum atomic E-state index is -3.58. The van der Waals surface area contributed by atoms with Gasteiger partial charge in [-0.25, -0.2) is 17.7 Å². The van der Waals surface area contributed by atoms with Crippen LogP contribution in [0.15, 0.2) is 50.9 Å². The van der Waals surface area contributed by atoms with E-state index in [2.05, 4.69) is 10.3 Å². The fourth-order valence-electron chi connectivity index (χ4n) is 2.35. The van der Waals surface area contributed by atoms with Crippen LogP contribution in [0.3, 0.4) is 0 Å². The average molecular weight is 474 g/mol. The van der Waals surface area contributed by atoms with Crippen LogP contribution in [0.25, 0.3) is 11.1 Å². The molecule has 0 saturated carbocycles. The largest absolute Gasteiger partial charge is 0.431 e. The second-order valence-corrected chi connectivity index (χ2v) is 10.5. The van der Waals surface area contributed by atoms with Crippen molar-refractivity contribution in [3.8, 4) is 0 Å². The molecule has 11 heteroatoms. The van der Waals surface area contributed by atoms with Gasteiger partial charge in [-0.3, -0.25) is 4.79 Å². The molecular formula is C18H17Cl2N3O4S2. The number of nitrogens with zero attached hydrogens (tertiary/aromatic N) is 2. The molecule has 1 atom stereocenters. The molecule has 1 unspecified atom stereocenters. The van der Waals surface area contributed by atoms with E-state index in [4.69, 9.17) is 27.6 Å². The summed E-state index contributed by atoms with van der Waals surface area (Å²) in [5, 5.41) is 3.01. The van der Waals surface area contributed by atoms with Gasteiger partial charge >= 0.3 is 0 Å². The second-order valence-electron chi connectivity index (χ2n) is 6.25. The van der Waals surface area contributed by atoms with Gasteiger partial charge < -0.3 is 9.73 Å². The van der Waals surface area contributed by atoms with Crippen molar-refractivity contribution >= 4 is 67.7 Å². The van der Waals surface area contributed by atoms with E-state index in [1.807, 2.05) is 0 Å². The maximum absolute atomic E-state index is 12.5. The van der Waals surface area contributed by atoms with Gasteiger partial charge in [0.15, 0.2) is 5.58 Å². The maximum Gasteiger partial charge on any atom is 0.257 e.